The second kappa shape index (κ2) is 12.2. The highest BCUT2D eigenvalue weighted by atomic mass is 35.5. The fourth-order valence-corrected chi connectivity index (χ4v) is 7.35. The van der Waals surface area contributed by atoms with Gasteiger partial charge in [0.1, 0.15) is 4.90 Å². The number of halogens is 2. The highest BCUT2D eigenvalue weighted by Gasteiger charge is 2.38. The van der Waals surface area contributed by atoms with Gasteiger partial charge in [-0.25, -0.2) is 8.42 Å². The fraction of sp³-hybridized carbons (Fsp3) is 0.321. The van der Waals surface area contributed by atoms with Crippen LogP contribution in [0, 0.1) is 0 Å². The molecule has 3 aromatic rings. The molecule has 1 fully saturated rings. The molecule has 2 amide bonds. The van der Waals surface area contributed by atoms with Gasteiger partial charge in [0.2, 0.25) is 5.91 Å². The molecular formula is C28H30Cl2N6O4S. The molecule has 10 nitrogen and oxygen atoms in total. The van der Waals surface area contributed by atoms with Crippen LogP contribution in [0.15, 0.2) is 71.9 Å². The van der Waals surface area contributed by atoms with Crippen LogP contribution in [0.2, 0.25) is 10.0 Å². The molecule has 0 saturated carbocycles. The van der Waals surface area contributed by atoms with Crippen molar-refractivity contribution in [3.63, 3.8) is 0 Å². The smallest absolute Gasteiger partial charge is 0.266 e. The van der Waals surface area contributed by atoms with E-state index in [-0.39, 0.29) is 69.5 Å². The molecule has 13 heteroatoms. The highest BCUT2D eigenvalue weighted by molar-refractivity contribution is 7.93. The molecule has 41 heavy (non-hydrogen) atoms. The first-order chi connectivity index (χ1) is 19.6. The Morgan fingerprint density at radius 2 is 1.83 bits per heavy atom. The third-order valence-corrected chi connectivity index (χ3v) is 9.78. The summed E-state index contributed by atoms with van der Waals surface area (Å²) in [7, 11) is -2.43. The van der Waals surface area contributed by atoms with Gasteiger partial charge in [-0.2, -0.15) is 5.10 Å². The maximum atomic E-state index is 14.1. The van der Waals surface area contributed by atoms with Crippen molar-refractivity contribution in [2.45, 2.75) is 23.3 Å². The molecule has 0 aliphatic carbocycles. The van der Waals surface area contributed by atoms with E-state index in [1.54, 1.807) is 52.2 Å². The van der Waals surface area contributed by atoms with Gasteiger partial charge in [-0.15, -0.1) is 0 Å². The standard InChI is InChI=1S/C28H30Cl2N6O4S/c1-34-16-20(15-32-34)21-17-35-18-24(21)33-27(37)10-12-31-11-4-5-13-36(25-7-3-2-6-22(25)29)41(39,40)26-14-19(28(35)38)8-9-23(26)30/h2-9,14-16,21,24,31H,10-13,17-18H2,1H3,(H,33,37)/b5-4+/t21-,24+/m0/s1. The number of rotatable bonds is 2. The number of anilines is 1. The summed E-state index contributed by atoms with van der Waals surface area (Å²) >= 11 is 12.9. The lowest BCUT2D eigenvalue weighted by Crippen LogP contribution is -2.41. The van der Waals surface area contributed by atoms with Crippen molar-refractivity contribution in [3.8, 4) is 0 Å². The first-order valence-electron chi connectivity index (χ1n) is 13.1. The van der Waals surface area contributed by atoms with E-state index in [1.165, 1.54) is 22.5 Å². The Morgan fingerprint density at radius 1 is 1.02 bits per heavy atom. The third kappa shape index (κ3) is 6.28. The number of nitrogens with zero attached hydrogens (tertiary/aromatic N) is 4. The second-order valence-electron chi connectivity index (χ2n) is 10.00. The molecule has 0 unspecified atom stereocenters. The minimum absolute atomic E-state index is 0.0153. The number of para-hydroxylation sites is 1. The fourth-order valence-electron chi connectivity index (χ4n) is 5.12. The average Bonchev–Trinajstić information content (AvgIpc) is 3.56. The van der Waals surface area contributed by atoms with E-state index in [4.69, 9.17) is 23.2 Å². The number of carbonyl (C=O) groups is 2. The van der Waals surface area contributed by atoms with E-state index in [0.29, 0.717) is 19.6 Å². The van der Waals surface area contributed by atoms with Crippen molar-refractivity contribution < 1.29 is 18.0 Å². The Balaban J connectivity index is 1.55. The molecule has 0 spiro atoms. The number of benzene rings is 2. The minimum Gasteiger partial charge on any atom is -0.351 e. The zero-order valence-corrected chi connectivity index (χ0v) is 24.7. The number of nitrogens with one attached hydrogen (secondary N) is 2. The van der Waals surface area contributed by atoms with Crippen LogP contribution in [0.1, 0.15) is 28.3 Å². The molecule has 216 valence electrons. The van der Waals surface area contributed by atoms with Crippen molar-refractivity contribution >= 4 is 50.7 Å². The molecule has 0 radical (unpaired) electrons. The molecule has 1 saturated heterocycles. The average molecular weight is 618 g/mol. The Hall–Kier alpha value is -3.38. The molecule has 1 aromatic heterocycles. The van der Waals surface area contributed by atoms with Crippen LogP contribution in [0.3, 0.4) is 0 Å². The van der Waals surface area contributed by atoms with Gasteiger partial charge in [-0.1, -0.05) is 47.5 Å². The van der Waals surface area contributed by atoms with Crippen LogP contribution >= 0.6 is 23.2 Å². The van der Waals surface area contributed by atoms with Crippen molar-refractivity contribution in [2.24, 2.45) is 7.05 Å². The Bertz CT molecular complexity index is 1590. The topological polar surface area (TPSA) is 117 Å². The maximum absolute atomic E-state index is 14.1. The van der Waals surface area contributed by atoms with Gasteiger partial charge in [0, 0.05) is 57.3 Å². The Morgan fingerprint density at radius 3 is 2.59 bits per heavy atom. The molecule has 4 bridgehead atoms. The zero-order valence-electron chi connectivity index (χ0n) is 22.3. The van der Waals surface area contributed by atoms with Crippen LogP contribution in [0.5, 0.6) is 0 Å². The van der Waals surface area contributed by atoms with E-state index in [2.05, 4.69) is 15.7 Å². The first-order valence-corrected chi connectivity index (χ1v) is 15.3. The SMILES string of the molecule is Cn1cc([C@@H]2CN3C[C@H]2NC(=O)CCNC/C=C/CN(c2ccccc2Cl)S(=O)(=O)c2cc(ccc2Cl)C3=O)cn1. The summed E-state index contributed by atoms with van der Waals surface area (Å²) < 4.78 is 31.0. The molecule has 2 atom stereocenters. The predicted molar refractivity (Wildman–Crippen MR) is 158 cm³/mol. The Labute approximate surface area is 249 Å². The van der Waals surface area contributed by atoms with E-state index in [1.807, 2.05) is 13.2 Å². The third-order valence-electron chi connectivity index (χ3n) is 7.20. The van der Waals surface area contributed by atoms with E-state index >= 15 is 0 Å². The molecule has 3 heterocycles. The van der Waals surface area contributed by atoms with Gasteiger partial charge in [-0.05, 0) is 35.9 Å². The summed E-state index contributed by atoms with van der Waals surface area (Å²) in [6.07, 6.45) is 7.34. The number of hydrogen-bond donors (Lipinski definition) is 2. The summed E-state index contributed by atoms with van der Waals surface area (Å²) in [5.41, 5.74) is 1.36. The maximum Gasteiger partial charge on any atom is 0.266 e. The van der Waals surface area contributed by atoms with E-state index in [0.717, 1.165) is 5.56 Å². The molecule has 5 rings (SSSR count). The summed E-state index contributed by atoms with van der Waals surface area (Å²) in [6.45, 7) is 1.42. The van der Waals surface area contributed by atoms with Crippen LogP contribution in [-0.4, -0.2) is 73.7 Å². The van der Waals surface area contributed by atoms with Crippen molar-refractivity contribution in [1.82, 2.24) is 25.3 Å². The summed E-state index contributed by atoms with van der Waals surface area (Å²) in [4.78, 5) is 28.0. The predicted octanol–water partition coefficient (Wildman–Crippen LogP) is 3.20. The molecule has 2 N–H and O–H groups in total. The number of sulfonamides is 1. The number of aromatic nitrogens is 2. The lowest BCUT2D eigenvalue weighted by atomic mass is 9.97. The van der Waals surface area contributed by atoms with Gasteiger partial charge >= 0.3 is 0 Å². The molecular weight excluding hydrogens is 587 g/mol. The van der Waals surface area contributed by atoms with Crippen LogP contribution in [0.25, 0.3) is 0 Å². The van der Waals surface area contributed by atoms with Crippen molar-refractivity contribution in [3.05, 3.63) is 88.2 Å². The van der Waals surface area contributed by atoms with E-state index in [9.17, 15) is 18.0 Å². The van der Waals surface area contributed by atoms with Crippen LogP contribution < -0.4 is 14.9 Å². The van der Waals surface area contributed by atoms with Crippen LogP contribution in [-0.2, 0) is 21.9 Å². The van der Waals surface area contributed by atoms with Crippen molar-refractivity contribution in [2.75, 3.05) is 37.0 Å². The number of hydrogen-bond acceptors (Lipinski definition) is 6. The Kier molecular flexibility index (Phi) is 8.69. The summed E-state index contributed by atoms with van der Waals surface area (Å²) in [5.74, 6) is -0.669. The number of fused-ring (bicyclic) bond motifs is 4. The van der Waals surface area contributed by atoms with E-state index < -0.39 is 10.0 Å². The van der Waals surface area contributed by atoms with Gasteiger partial charge in [0.15, 0.2) is 0 Å². The lowest BCUT2D eigenvalue weighted by Gasteiger charge is -2.25. The monoisotopic (exact) mass is 616 g/mol. The van der Waals surface area contributed by atoms with Gasteiger partial charge in [0.05, 0.1) is 34.5 Å². The highest BCUT2D eigenvalue weighted by Crippen LogP contribution is 2.34. The first kappa shape index (κ1) is 29.1. The summed E-state index contributed by atoms with van der Waals surface area (Å²) in [6, 6.07) is 10.5. The van der Waals surface area contributed by atoms with Gasteiger partial charge < -0.3 is 15.5 Å². The molecule has 2 aliphatic heterocycles. The zero-order chi connectivity index (χ0) is 29.1. The van der Waals surface area contributed by atoms with Crippen LogP contribution in [0.4, 0.5) is 5.69 Å². The number of carbonyl (C=O) groups excluding carboxylic acids is 2. The molecule has 2 aliphatic rings. The molecule has 2 aromatic carbocycles. The van der Waals surface area contributed by atoms with Gasteiger partial charge in [0.25, 0.3) is 15.9 Å². The van der Waals surface area contributed by atoms with Crippen molar-refractivity contribution in [1.29, 1.82) is 0 Å². The number of aryl methyl sites for hydroxylation is 1. The quantitative estimate of drug-likeness (QED) is 0.427. The normalized spacial score (nSPS) is 22.6. The number of amides is 2. The summed E-state index contributed by atoms with van der Waals surface area (Å²) in [5, 5.41) is 10.8. The second-order valence-corrected chi connectivity index (χ2v) is 12.6. The largest absolute Gasteiger partial charge is 0.351 e. The van der Waals surface area contributed by atoms with Gasteiger partial charge in [-0.3, -0.25) is 18.6 Å². The lowest BCUT2D eigenvalue weighted by molar-refractivity contribution is -0.121. The minimum atomic E-state index is -4.24.